The Balaban J connectivity index is 1.63. The van der Waals surface area contributed by atoms with Gasteiger partial charge in [-0.1, -0.05) is 12.1 Å². The summed E-state index contributed by atoms with van der Waals surface area (Å²) in [6.07, 6.45) is -4.14. The van der Waals surface area contributed by atoms with Crippen molar-refractivity contribution in [2.75, 3.05) is 13.1 Å². The molecule has 1 saturated heterocycles. The summed E-state index contributed by atoms with van der Waals surface area (Å²) < 4.78 is 66.8. The minimum atomic E-state index is -4.87. The van der Waals surface area contributed by atoms with Gasteiger partial charge in [-0.05, 0) is 56.2 Å². The molecule has 1 heterocycles. The number of halogens is 3. The Labute approximate surface area is 189 Å². The molecule has 0 unspecified atom stereocenters. The van der Waals surface area contributed by atoms with Crippen LogP contribution in [0.2, 0.25) is 0 Å². The van der Waals surface area contributed by atoms with Crippen LogP contribution in [0.4, 0.5) is 13.2 Å². The highest BCUT2D eigenvalue weighted by Gasteiger charge is 2.38. The van der Waals surface area contributed by atoms with Gasteiger partial charge in [-0.25, -0.2) is 8.42 Å². The quantitative estimate of drug-likeness (QED) is 0.613. The molecule has 1 aliphatic heterocycles. The van der Waals surface area contributed by atoms with Gasteiger partial charge < -0.3 is 10.0 Å². The molecule has 2 aromatic carbocycles. The van der Waals surface area contributed by atoms with E-state index in [1.54, 1.807) is 0 Å². The summed E-state index contributed by atoms with van der Waals surface area (Å²) in [4.78, 5) is 25.8. The lowest BCUT2D eigenvalue weighted by molar-refractivity contribution is -0.139. The second-order valence-corrected chi connectivity index (χ2v) is 9.53. The molecule has 1 atom stereocenters. The average Bonchev–Trinajstić information content (AvgIpc) is 2.78. The van der Waals surface area contributed by atoms with Crippen molar-refractivity contribution < 1.29 is 36.3 Å². The summed E-state index contributed by atoms with van der Waals surface area (Å²) in [5.74, 6) is -0.983. The van der Waals surface area contributed by atoms with Crippen LogP contribution in [-0.2, 0) is 21.0 Å². The number of phenolic OH excluding ortho intramolecular Hbond substituents is 1. The normalized spacial score (nSPS) is 16.4. The number of rotatable bonds is 6. The predicted octanol–water partition coefficient (Wildman–Crippen LogP) is 3.20. The lowest BCUT2D eigenvalue weighted by atomic mass is 9.88. The van der Waals surface area contributed by atoms with Crippen molar-refractivity contribution in [3.05, 3.63) is 59.7 Å². The van der Waals surface area contributed by atoms with E-state index in [4.69, 9.17) is 0 Å². The lowest BCUT2D eigenvalue weighted by Gasteiger charge is -2.33. The van der Waals surface area contributed by atoms with E-state index in [2.05, 4.69) is 0 Å². The van der Waals surface area contributed by atoms with Gasteiger partial charge in [0.2, 0.25) is 15.9 Å². The highest BCUT2D eigenvalue weighted by molar-refractivity contribution is 7.89. The first-order valence-corrected chi connectivity index (χ1v) is 11.7. The maximum Gasteiger partial charge on any atom is 0.417 e. The van der Waals surface area contributed by atoms with Crippen molar-refractivity contribution in [3.8, 4) is 5.75 Å². The first-order chi connectivity index (χ1) is 15.4. The zero-order valence-electron chi connectivity index (χ0n) is 17.7. The van der Waals surface area contributed by atoms with Crippen LogP contribution in [0.1, 0.15) is 35.7 Å². The molecule has 33 heavy (non-hydrogen) atoms. The Bertz CT molecular complexity index is 1130. The van der Waals surface area contributed by atoms with Crippen molar-refractivity contribution in [1.82, 2.24) is 9.62 Å². The van der Waals surface area contributed by atoms with Crippen molar-refractivity contribution in [3.63, 3.8) is 0 Å². The number of benzene rings is 2. The van der Waals surface area contributed by atoms with Crippen LogP contribution in [-0.4, -0.2) is 49.2 Å². The Morgan fingerprint density at radius 2 is 1.64 bits per heavy atom. The number of ketones is 1. The van der Waals surface area contributed by atoms with E-state index in [9.17, 15) is 36.3 Å². The first kappa shape index (κ1) is 24.7. The van der Waals surface area contributed by atoms with E-state index in [0.717, 1.165) is 12.1 Å². The number of nitrogens with zero attached hydrogens (tertiary/aromatic N) is 1. The Morgan fingerprint density at radius 1 is 1.06 bits per heavy atom. The minimum absolute atomic E-state index is 0.0428. The molecule has 7 nitrogen and oxygen atoms in total. The lowest BCUT2D eigenvalue weighted by Crippen LogP contribution is -2.50. The largest absolute Gasteiger partial charge is 0.508 e. The Morgan fingerprint density at radius 3 is 2.21 bits per heavy atom. The fraction of sp³-hybridized carbons (Fsp3) is 0.364. The number of Topliss-reactive ketones (excluding diaryl/α,β-unsaturated/α-hetero) is 1. The van der Waals surface area contributed by atoms with Gasteiger partial charge in [0.1, 0.15) is 5.75 Å². The van der Waals surface area contributed by atoms with E-state index >= 15 is 0 Å². The van der Waals surface area contributed by atoms with Crippen molar-refractivity contribution in [1.29, 1.82) is 0 Å². The van der Waals surface area contributed by atoms with Crippen LogP contribution >= 0.6 is 0 Å². The zero-order valence-corrected chi connectivity index (χ0v) is 18.5. The molecule has 2 N–H and O–H groups in total. The maximum atomic E-state index is 13.2. The molecule has 1 amide bonds. The van der Waals surface area contributed by atoms with E-state index in [1.165, 1.54) is 42.2 Å². The van der Waals surface area contributed by atoms with Gasteiger partial charge in [0.05, 0.1) is 16.5 Å². The van der Waals surface area contributed by atoms with Gasteiger partial charge in [0.25, 0.3) is 0 Å². The third kappa shape index (κ3) is 5.72. The summed E-state index contributed by atoms with van der Waals surface area (Å²) in [5.41, 5.74) is -0.868. The van der Waals surface area contributed by atoms with E-state index in [0.29, 0.717) is 24.5 Å². The summed E-state index contributed by atoms with van der Waals surface area (Å²) in [6, 6.07) is 8.33. The van der Waals surface area contributed by atoms with Crippen LogP contribution < -0.4 is 4.72 Å². The number of likely N-dealkylation sites (tertiary alicyclic amines) is 1. The highest BCUT2D eigenvalue weighted by Crippen LogP contribution is 2.34. The number of nitrogens with one attached hydrogen (secondary N) is 1. The van der Waals surface area contributed by atoms with E-state index < -0.39 is 38.6 Å². The molecule has 2 aromatic rings. The molecule has 0 aromatic heterocycles. The standard InChI is InChI=1S/C22H23F3N2O5S/c1-14(26-33(31,32)19-5-3-2-4-18(19)22(23,24)25)21(30)27-12-10-16(11-13-27)20(29)15-6-8-17(28)9-7-15/h2-9,14,16,26,28H,10-13H2,1H3/t14-/m0/s1. The van der Waals surface area contributed by atoms with Gasteiger partial charge in [-0.3, -0.25) is 9.59 Å². The molecule has 0 spiro atoms. The van der Waals surface area contributed by atoms with Crippen LogP contribution in [0.5, 0.6) is 5.75 Å². The molecule has 3 rings (SSSR count). The number of phenols is 1. The molecule has 178 valence electrons. The Hall–Kier alpha value is -2.92. The van der Waals surface area contributed by atoms with E-state index in [1.807, 2.05) is 4.72 Å². The summed E-state index contributed by atoms with van der Waals surface area (Å²) >= 11 is 0. The molecule has 0 saturated carbocycles. The van der Waals surface area contributed by atoms with Crippen LogP contribution in [0.25, 0.3) is 0 Å². The predicted molar refractivity (Wildman–Crippen MR) is 113 cm³/mol. The molecule has 0 aliphatic carbocycles. The topological polar surface area (TPSA) is 104 Å². The number of carbonyl (C=O) groups is 2. The molecule has 0 bridgehead atoms. The Kier molecular flexibility index (Phi) is 7.13. The van der Waals surface area contributed by atoms with Gasteiger partial charge in [0.15, 0.2) is 5.78 Å². The van der Waals surface area contributed by atoms with Crippen LogP contribution in [0, 0.1) is 5.92 Å². The van der Waals surface area contributed by atoms with Gasteiger partial charge in [-0.15, -0.1) is 0 Å². The minimum Gasteiger partial charge on any atom is -0.508 e. The third-order valence-electron chi connectivity index (χ3n) is 5.51. The second-order valence-electron chi connectivity index (χ2n) is 7.85. The zero-order chi connectivity index (χ0) is 24.4. The summed E-state index contributed by atoms with van der Waals surface area (Å²) in [6.45, 7) is 1.68. The van der Waals surface area contributed by atoms with Crippen molar-refractivity contribution in [2.45, 2.75) is 36.9 Å². The number of piperidine rings is 1. The molecule has 11 heteroatoms. The van der Waals surface area contributed by atoms with Crippen molar-refractivity contribution >= 4 is 21.7 Å². The molecular weight excluding hydrogens is 461 g/mol. The SMILES string of the molecule is C[C@H](NS(=O)(=O)c1ccccc1C(F)(F)F)C(=O)N1CCC(C(=O)c2ccc(O)cc2)CC1. The van der Waals surface area contributed by atoms with Gasteiger partial charge >= 0.3 is 6.18 Å². The third-order valence-corrected chi connectivity index (χ3v) is 7.11. The number of amides is 1. The molecule has 0 radical (unpaired) electrons. The molecule has 1 fully saturated rings. The first-order valence-electron chi connectivity index (χ1n) is 10.2. The fourth-order valence-corrected chi connectivity index (χ4v) is 5.20. The summed E-state index contributed by atoms with van der Waals surface area (Å²) in [7, 11) is -4.61. The number of hydrogen-bond acceptors (Lipinski definition) is 5. The fourth-order valence-electron chi connectivity index (χ4n) is 3.78. The van der Waals surface area contributed by atoms with E-state index in [-0.39, 0.29) is 30.5 Å². The van der Waals surface area contributed by atoms with Gasteiger partial charge in [-0.2, -0.15) is 17.9 Å². The molecular formula is C22H23F3N2O5S. The van der Waals surface area contributed by atoms with Gasteiger partial charge in [0, 0.05) is 24.6 Å². The number of hydrogen-bond donors (Lipinski definition) is 2. The smallest absolute Gasteiger partial charge is 0.417 e. The van der Waals surface area contributed by atoms with Crippen molar-refractivity contribution in [2.24, 2.45) is 5.92 Å². The van der Waals surface area contributed by atoms with Crippen LogP contribution in [0.15, 0.2) is 53.4 Å². The second kappa shape index (κ2) is 9.52. The average molecular weight is 484 g/mol. The number of carbonyl (C=O) groups excluding carboxylic acids is 2. The summed E-state index contributed by atoms with van der Waals surface area (Å²) in [5, 5.41) is 9.34. The number of aromatic hydroxyl groups is 1. The highest BCUT2D eigenvalue weighted by atomic mass is 32.2. The molecule has 1 aliphatic rings. The number of alkyl halides is 3. The monoisotopic (exact) mass is 484 g/mol. The number of sulfonamides is 1. The maximum absolute atomic E-state index is 13.2. The van der Waals surface area contributed by atoms with Crippen LogP contribution in [0.3, 0.4) is 0 Å².